The summed E-state index contributed by atoms with van der Waals surface area (Å²) in [7, 11) is -0.490. The lowest BCUT2D eigenvalue weighted by atomic mass is 10.0. The highest BCUT2D eigenvalue weighted by Crippen LogP contribution is 2.41. The Morgan fingerprint density at radius 2 is 1.08 bits per heavy atom. The maximum Gasteiger partial charge on any atom is 0.131 e. The average molecular weight is 515 g/mol. The zero-order valence-corrected chi connectivity index (χ0v) is 24.5. The summed E-state index contributed by atoms with van der Waals surface area (Å²) in [6.07, 6.45) is 26.4. The molecular weight excluding hydrogens is 459 g/mol. The van der Waals surface area contributed by atoms with Gasteiger partial charge in [-0.1, -0.05) is 146 Å². The summed E-state index contributed by atoms with van der Waals surface area (Å²) in [4.78, 5) is 0. The topological polar surface area (TPSA) is 18.5 Å². The van der Waals surface area contributed by atoms with E-state index in [4.69, 9.17) is 9.26 Å². The van der Waals surface area contributed by atoms with E-state index in [0.717, 1.165) is 25.1 Å². The van der Waals surface area contributed by atoms with Crippen molar-refractivity contribution in [2.75, 3.05) is 25.5 Å². The fraction of sp³-hybridized carbons (Fsp3) is 0.697. The van der Waals surface area contributed by atoms with Crippen molar-refractivity contribution in [1.82, 2.24) is 0 Å². The third-order valence-electron chi connectivity index (χ3n) is 7.18. The molecule has 0 aliphatic rings. The molecule has 0 spiro atoms. The van der Waals surface area contributed by atoms with Gasteiger partial charge in [-0.15, -0.1) is 0 Å². The second kappa shape index (κ2) is 21.9. The van der Waals surface area contributed by atoms with Crippen molar-refractivity contribution < 1.29 is 9.26 Å². The summed E-state index contributed by atoms with van der Waals surface area (Å²) in [5.74, 6) is 1.04. The summed E-state index contributed by atoms with van der Waals surface area (Å²) in [6, 6.07) is 15.0. The van der Waals surface area contributed by atoms with Crippen LogP contribution in [0.2, 0.25) is 0 Å². The minimum Gasteiger partial charge on any atom is -0.473 e. The first kappa shape index (κ1) is 31.1. The van der Waals surface area contributed by atoms with E-state index in [1.165, 1.54) is 126 Å². The molecule has 0 aromatic heterocycles. The van der Waals surface area contributed by atoms with Crippen molar-refractivity contribution in [3.63, 3.8) is 0 Å². The lowest BCUT2D eigenvalue weighted by Gasteiger charge is -2.20. The number of fused-ring (bicyclic) bond motifs is 1. The van der Waals surface area contributed by atoms with Crippen molar-refractivity contribution in [3.8, 4) is 5.75 Å². The Kier molecular flexibility index (Phi) is 18.9. The minimum absolute atomic E-state index is 0.490. The van der Waals surface area contributed by atoms with Gasteiger partial charge in [0, 0.05) is 24.3 Å². The second-order valence-corrected chi connectivity index (χ2v) is 12.4. The normalized spacial score (nSPS) is 12.3. The number of unbranched alkanes of at least 4 members (excludes halogenated alkanes) is 16. The van der Waals surface area contributed by atoms with Crippen LogP contribution in [0.25, 0.3) is 10.8 Å². The van der Waals surface area contributed by atoms with Crippen LogP contribution in [0, 0.1) is 0 Å². The van der Waals surface area contributed by atoms with Crippen LogP contribution in [0.4, 0.5) is 0 Å². The first-order chi connectivity index (χ1) is 17.8. The molecule has 0 saturated carbocycles. The van der Waals surface area contributed by atoms with E-state index in [-0.39, 0.29) is 0 Å². The van der Waals surface area contributed by atoms with Crippen LogP contribution in [-0.4, -0.2) is 25.5 Å². The fourth-order valence-electron chi connectivity index (χ4n) is 4.94. The molecule has 0 saturated heterocycles. The van der Waals surface area contributed by atoms with E-state index >= 15 is 0 Å². The molecule has 2 aromatic rings. The molecule has 0 amide bonds. The van der Waals surface area contributed by atoms with Crippen LogP contribution in [0.5, 0.6) is 5.75 Å². The molecule has 2 rings (SSSR count). The quantitative estimate of drug-likeness (QED) is 0.102. The van der Waals surface area contributed by atoms with E-state index in [1.54, 1.807) is 0 Å². The van der Waals surface area contributed by atoms with E-state index in [9.17, 15) is 0 Å². The van der Waals surface area contributed by atoms with Gasteiger partial charge in [-0.2, -0.15) is 0 Å². The summed E-state index contributed by atoms with van der Waals surface area (Å²) in [5, 5.41) is 2.49. The molecular formula is C33H55O2P. The van der Waals surface area contributed by atoms with Gasteiger partial charge < -0.3 is 9.26 Å². The zero-order chi connectivity index (χ0) is 25.5. The highest BCUT2D eigenvalue weighted by molar-refractivity contribution is 7.53. The summed E-state index contributed by atoms with van der Waals surface area (Å²) in [6.45, 7) is 5.97. The summed E-state index contributed by atoms with van der Waals surface area (Å²) < 4.78 is 12.3. The first-order valence-electron chi connectivity index (χ1n) is 15.3. The minimum atomic E-state index is -0.490. The standard InChI is InChI=1S/C33H55O2P/c1-3-5-6-7-8-9-10-11-12-13-14-15-16-17-18-19-22-29-36(30-28-34-4-2)35-33-27-23-25-31-24-20-21-26-32(31)33/h20-21,23-27H,3-19,22,28-30H2,1-2H3. The third-order valence-corrected chi connectivity index (χ3v) is 9.13. The second-order valence-electron chi connectivity index (χ2n) is 10.4. The summed E-state index contributed by atoms with van der Waals surface area (Å²) in [5.41, 5.74) is 0. The van der Waals surface area contributed by atoms with Crippen LogP contribution in [-0.2, 0) is 4.74 Å². The molecule has 2 nitrogen and oxygen atoms in total. The molecule has 0 N–H and O–H groups in total. The Bertz CT molecular complexity index is 757. The molecule has 0 aliphatic carbocycles. The maximum atomic E-state index is 6.59. The van der Waals surface area contributed by atoms with Gasteiger partial charge in [-0.05, 0) is 24.8 Å². The molecule has 0 radical (unpaired) electrons. The van der Waals surface area contributed by atoms with Gasteiger partial charge >= 0.3 is 0 Å². The Hall–Kier alpha value is -1.11. The molecule has 204 valence electrons. The van der Waals surface area contributed by atoms with Crippen LogP contribution in [0.15, 0.2) is 42.5 Å². The van der Waals surface area contributed by atoms with Gasteiger partial charge in [0.2, 0.25) is 0 Å². The SMILES string of the molecule is CCCCCCCCCCCCCCCCCCCP(CCOCC)Oc1cccc2ccccc12. The van der Waals surface area contributed by atoms with Gasteiger partial charge in [0.15, 0.2) is 0 Å². The van der Waals surface area contributed by atoms with E-state index in [1.807, 2.05) is 0 Å². The molecule has 1 unspecified atom stereocenters. The summed E-state index contributed by atoms with van der Waals surface area (Å²) >= 11 is 0. The van der Waals surface area contributed by atoms with Gasteiger partial charge in [0.25, 0.3) is 0 Å². The van der Waals surface area contributed by atoms with Gasteiger partial charge in [0.1, 0.15) is 5.75 Å². The fourth-order valence-corrected chi connectivity index (χ4v) is 6.69. The van der Waals surface area contributed by atoms with Gasteiger partial charge in [0.05, 0.1) is 14.8 Å². The molecule has 0 aliphatic heterocycles. The van der Waals surface area contributed by atoms with Crippen LogP contribution < -0.4 is 4.52 Å². The van der Waals surface area contributed by atoms with E-state index < -0.39 is 8.15 Å². The van der Waals surface area contributed by atoms with Gasteiger partial charge in [-0.25, -0.2) is 0 Å². The smallest absolute Gasteiger partial charge is 0.131 e. The molecule has 2 aromatic carbocycles. The lowest BCUT2D eigenvalue weighted by Crippen LogP contribution is -2.05. The lowest BCUT2D eigenvalue weighted by molar-refractivity contribution is 0.163. The van der Waals surface area contributed by atoms with Crippen molar-refractivity contribution in [2.24, 2.45) is 0 Å². The van der Waals surface area contributed by atoms with Crippen LogP contribution in [0.1, 0.15) is 123 Å². The third kappa shape index (κ3) is 14.6. The van der Waals surface area contributed by atoms with Crippen molar-refractivity contribution in [3.05, 3.63) is 42.5 Å². The zero-order valence-electron chi connectivity index (χ0n) is 23.7. The Labute approximate surface area is 224 Å². The van der Waals surface area contributed by atoms with E-state index in [0.29, 0.717) is 0 Å². The molecule has 0 fully saturated rings. The maximum absolute atomic E-state index is 6.59. The average Bonchev–Trinajstić information content (AvgIpc) is 2.90. The van der Waals surface area contributed by atoms with Gasteiger partial charge in [-0.3, -0.25) is 0 Å². The number of hydrogen-bond acceptors (Lipinski definition) is 2. The van der Waals surface area contributed by atoms with Crippen LogP contribution >= 0.6 is 8.15 Å². The van der Waals surface area contributed by atoms with Crippen molar-refractivity contribution >= 4 is 18.9 Å². The predicted molar refractivity (Wildman–Crippen MR) is 162 cm³/mol. The van der Waals surface area contributed by atoms with E-state index in [2.05, 4.69) is 56.3 Å². The molecule has 1 atom stereocenters. The molecule has 0 bridgehead atoms. The Morgan fingerprint density at radius 1 is 0.556 bits per heavy atom. The van der Waals surface area contributed by atoms with Crippen molar-refractivity contribution in [2.45, 2.75) is 123 Å². The van der Waals surface area contributed by atoms with Crippen molar-refractivity contribution in [1.29, 1.82) is 0 Å². The largest absolute Gasteiger partial charge is 0.473 e. The molecule has 36 heavy (non-hydrogen) atoms. The molecule has 0 heterocycles. The number of rotatable bonds is 24. The predicted octanol–water partition coefficient (Wildman–Crippen LogP) is 11.3. The molecule has 3 heteroatoms. The Balaban J connectivity index is 1.50. The highest BCUT2D eigenvalue weighted by atomic mass is 31.1. The number of ether oxygens (including phenoxy) is 1. The highest BCUT2D eigenvalue weighted by Gasteiger charge is 2.13. The number of benzene rings is 2. The number of hydrogen-bond donors (Lipinski definition) is 0. The van der Waals surface area contributed by atoms with Crippen LogP contribution in [0.3, 0.4) is 0 Å². The Morgan fingerprint density at radius 3 is 1.67 bits per heavy atom. The first-order valence-corrected chi connectivity index (χ1v) is 17.0. The monoisotopic (exact) mass is 514 g/mol.